The van der Waals surface area contributed by atoms with Crippen molar-refractivity contribution < 1.29 is 4.74 Å². The molecule has 0 spiro atoms. The van der Waals surface area contributed by atoms with Gasteiger partial charge in [-0.25, -0.2) is 0 Å². The summed E-state index contributed by atoms with van der Waals surface area (Å²) >= 11 is 1.74. The van der Waals surface area contributed by atoms with Crippen LogP contribution in [0, 0.1) is 11.8 Å². The van der Waals surface area contributed by atoms with Crippen molar-refractivity contribution in [2.75, 3.05) is 33.9 Å². The summed E-state index contributed by atoms with van der Waals surface area (Å²) in [6, 6.07) is 4.20. The highest BCUT2D eigenvalue weighted by atomic mass is 32.1. The van der Waals surface area contributed by atoms with Gasteiger partial charge in [0.05, 0.1) is 11.4 Å². The Morgan fingerprint density at radius 3 is 3.00 bits per heavy atom. The van der Waals surface area contributed by atoms with Gasteiger partial charge in [-0.1, -0.05) is 11.8 Å². The van der Waals surface area contributed by atoms with Crippen LogP contribution in [0.1, 0.15) is 16.2 Å². The summed E-state index contributed by atoms with van der Waals surface area (Å²) in [6.45, 7) is 3.26. The Morgan fingerprint density at radius 1 is 1.47 bits per heavy atom. The van der Waals surface area contributed by atoms with Gasteiger partial charge in [0.25, 0.3) is 0 Å². The predicted octanol–water partition coefficient (Wildman–Crippen LogP) is 1.53. The summed E-state index contributed by atoms with van der Waals surface area (Å²) < 4.78 is 5.04. The second kappa shape index (κ2) is 8.26. The van der Waals surface area contributed by atoms with Crippen molar-refractivity contribution in [1.82, 2.24) is 4.90 Å². The number of nitrogens with zero attached hydrogens (tertiary/aromatic N) is 1. The van der Waals surface area contributed by atoms with E-state index in [1.54, 1.807) is 18.4 Å². The number of methoxy groups -OCH3 is 1. The minimum atomic E-state index is 0.421. The second-order valence-corrected chi connectivity index (χ2v) is 5.02. The summed E-state index contributed by atoms with van der Waals surface area (Å²) in [5.41, 5.74) is 5.34. The molecule has 0 radical (unpaired) electrons. The van der Waals surface area contributed by atoms with Crippen molar-refractivity contribution in [3.8, 4) is 11.8 Å². The maximum atomic E-state index is 5.34. The summed E-state index contributed by atoms with van der Waals surface area (Å²) in [7, 11) is 3.86. The molecule has 2 N–H and O–H groups in total. The quantitative estimate of drug-likeness (QED) is 0.616. The summed E-state index contributed by atoms with van der Waals surface area (Å²) in [5.74, 6) is 5.93. The Morgan fingerprint density at radius 2 is 2.29 bits per heavy atom. The van der Waals surface area contributed by atoms with Crippen molar-refractivity contribution >= 4 is 11.3 Å². The first kappa shape index (κ1) is 14.2. The highest BCUT2D eigenvalue weighted by Gasteiger charge is 2.02. The highest BCUT2D eigenvalue weighted by molar-refractivity contribution is 7.12. The number of thiophene rings is 1. The SMILES string of the molecule is COCCCN(C)Cc1ccc(C#CCN)s1. The van der Waals surface area contributed by atoms with Crippen molar-refractivity contribution in [3.05, 3.63) is 21.9 Å². The first-order valence-corrected chi connectivity index (χ1v) is 6.53. The lowest BCUT2D eigenvalue weighted by Crippen LogP contribution is -2.19. The van der Waals surface area contributed by atoms with Crippen LogP contribution in [0.3, 0.4) is 0 Å². The molecular weight excluding hydrogens is 232 g/mol. The molecule has 94 valence electrons. The first-order valence-electron chi connectivity index (χ1n) is 5.71. The summed E-state index contributed by atoms with van der Waals surface area (Å²) in [4.78, 5) is 4.73. The molecule has 0 atom stereocenters. The van der Waals surface area contributed by atoms with Gasteiger partial charge >= 0.3 is 0 Å². The average molecular weight is 252 g/mol. The molecule has 0 aliphatic carbocycles. The standard InChI is InChI=1S/C13H20N2OS/c1-15(9-4-10-16-2)11-13-7-6-12(17-13)5-3-8-14/h6-7H,4,8-11,14H2,1-2H3. The topological polar surface area (TPSA) is 38.5 Å². The molecule has 0 fully saturated rings. The van der Waals surface area contributed by atoms with E-state index < -0.39 is 0 Å². The third-order valence-corrected chi connectivity index (χ3v) is 3.27. The van der Waals surface area contributed by atoms with Gasteiger partial charge in [0, 0.05) is 31.7 Å². The zero-order valence-electron chi connectivity index (χ0n) is 10.5. The first-order chi connectivity index (χ1) is 8.26. The van der Waals surface area contributed by atoms with Crippen molar-refractivity contribution in [1.29, 1.82) is 0 Å². The van der Waals surface area contributed by atoms with Crippen LogP contribution in [0.15, 0.2) is 12.1 Å². The Bertz CT molecular complexity index is 378. The van der Waals surface area contributed by atoms with Crippen molar-refractivity contribution in [2.45, 2.75) is 13.0 Å². The minimum absolute atomic E-state index is 0.421. The van der Waals surface area contributed by atoms with Crippen LogP contribution in [-0.4, -0.2) is 38.8 Å². The molecule has 4 heteroatoms. The van der Waals surface area contributed by atoms with Gasteiger partial charge in [0.2, 0.25) is 0 Å². The monoisotopic (exact) mass is 252 g/mol. The Hall–Kier alpha value is -0.860. The zero-order valence-corrected chi connectivity index (χ0v) is 11.3. The Kier molecular flexibility index (Phi) is 6.90. The number of hydrogen-bond donors (Lipinski definition) is 1. The summed E-state index contributed by atoms with van der Waals surface area (Å²) in [6.07, 6.45) is 1.07. The van der Waals surface area contributed by atoms with E-state index in [1.807, 2.05) is 0 Å². The van der Waals surface area contributed by atoms with Crippen LogP contribution < -0.4 is 5.73 Å². The molecule has 1 aromatic rings. The lowest BCUT2D eigenvalue weighted by Gasteiger charge is -2.14. The normalized spacial score (nSPS) is 10.4. The molecule has 17 heavy (non-hydrogen) atoms. The predicted molar refractivity (Wildman–Crippen MR) is 73.1 cm³/mol. The largest absolute Gasteiger partial charge is 0.385 e. The number of rotatable bonds is 6. The minimum Gasteiger partial charge on any atom is -0.385 e. The molecule has 0 aromatic carbocycles. The number of nitrogens with two attached hydrogens (primary N) is 1. The van der Waals surface area contributed by atoms with Crippen LogP contribution in [-0.2, 0) is 11.3 Å². The van der Waals surface area contributed by atoms with Crippen LogP contribution in [0.25, 0.3) is 0 Å². The van der Waals surface area contributed by atoms with E-state index in [4.69, 9.17) is 10.5 Å². The third kappa shape index (κ3) is 5.85. The fraction of sp³-hybridized carbons (Fsp3) is 0.538. The maximum Gasteiger partial charge on any atom is 0.0772 e. The molecule has 0 unspecified atom stereocenters. The number of hydrogen-bond acceptors (Lipinski definition) is 4. The lowest BCUT2D eigenvalue weighted by molar-refractivity contribution is 0.178. The average Bonchev–Trinajstić information content (AvgIpc) is 2.74. The molecule has 0 aliphatic heterocycles. The lowest BCUT2D eigenvalue weighted by atomic mass is 10.3. The van der Waals surface area contributed by atoms with Crippen LogP contribution >= 0.6 is 11.3 Å². The van der Waals surface area contributed by atoms with E-state index in [2.05, 4.69) is 35.9 Å². The maximum absolute atomic E-state index is 5.34. The molecule has 0 saturated heterocycles. The molecule has 1 aromatic heterocycles. The van der Waals surface area contributed by atoms with E-state index in [1.165, 1.54) is 4.88 Å². The van der Waals surface area contributed by atoms with Gasteiger partial charge in [-0.05, 0) is 25.6 Å². The molecule has 0 saturated carbocycles. The van der Waals surface area contributed by atoms with Crippen LogP contribution in [0.4, 0.5) is 0 Å². The summed E-state index contributed by atoms with van der Waals surface area (Å²) in [5, 5.41) is 0. The highest BCUT2D eigenvalue weighted by Crippen LogP contribution is 2.16. The van der Waals surface area contributed by atoms with E-state index >= 15 is 0 Å². The van der Waals surface area contributed by atoms with E-state index in [0.29, 0.717) is 6.54 Å². The zero-order chi connectivity index (χ0) is 12.5. The molecule has 3 nitrogen and oxygen atoms in total. The van der Waals surface area contributed by atoms with Gasteiger partial charge in [-0.2, -0.15) is 0 Å². The second-order valence-electron chi connectivity index (χ2n) is 3.86. The fourth-order valence-corrected chi connectivity index (χ4v) is 2.45. The van der Waals surface area contributed by atoms with Crippen LogP contribution in [0.2, 0.25) is 0 Å². The Balaban J connectivity index is 2.37. The van der Waals surface area contributed by atoms with Gasteiger partial charge in [-0.3, -0.25) is 0 Å². The molecule has 0 bridgehead atoms. The van der Waals surface area contributed by atoms with Gasteiger partial charge in [0.1, 0.15) is 0 Å². The molecule has 1 rings (SSSR count). The molecular formula is C13H20N2OS. The van der Waals surface area contributed by atoms with Gasteiger partial charge < -0.3 is 15.4 Å². The van der Waals surface area contributed by atoms with E-state index in [-0.39, 0.29) is 0 Å². The van der Waals surface area contributed by atoms with E-state index in [0.717, 1.165) is 31.0 Å². The van der Waals surface area contributed by atoms with Gasteiger partial charge in [0.15, 0.2) is 0 Å². The molecule has 0 aliphatic rings. The molecule has 1 heterocycles. The smallest absolute Gasteiger partial charge is 0.0772 e. The number of ether oxygens (including phenoxy) is 1. The van der Waals surface area contributed by atoms with E-state index in [9.17, 15) is 0 Å². The van der Waals surface area contributed by atoms with Crippen molar-refractivity contribution in [3.63, 3.8) is 0 Å². The Labute approximate surface area is 108 Å². The molecule has 0 amide bonds. The third-order valence-electron chi connectivity index (χ3n) is 2.29. The van der Waals surface area contributed by atoms with Crippen molar-refractivity contribution in [2.24, 2.45) is 5.73 Å². The van der Waals surface area contributed by atoms with Gasteiger partial charge in [-0.15, -0.1) is 11.3 Å². The fourth-order valence-electron chi connectivity index (χ4n) is 1.49. The van der Waals surface area contributed by atoms with Crippen LogP contribution in [0.5, 0.6) is 0 Å².